The maximum atomic E-state index is 13.3. The number of para-hydroxylation sites is 1. The molecule has 1 heterocycles. The molecule has 6 nitrogen and oxygen atoms in total. The minimum absolute atomic E-state index is 0.0134. The van der Waals surface area contributed by atoms with E-state index >= 15 is 0 Å². The van der Waals surface area contributed by atoms with Crippen molar-refractivity contribution in [2.24, 2.45) is 7.05 Å². The van der Waals surface area contributed by atoms with Gasteiger partial charge in [0.25, 0.3) is 0 Å². The number of nitrogens with one attached hydrogen (secondary N) is 1. The summed E-state index contributed by atoms with van der Waals surface area (Å²) in [7, 11) is 1.85. The van der Waals surface area contributed by atoms with Crippen molar-refractivity contribution < 1.29 is 14.2 Å². The fraction of sp³-hybridized carbons (Fsp3) is 0.429. The number of aryl methyl sites for hydroxylation is 1. The molecule has 0 fully saturated rings. The molecule has 0 spiro atoms. The monoisotopic (exact) mass is 294 g/mol. The summed E-state index contributed by atoms with van der Waals surface area (Å²) >= 11 is 0. The highest BCUT2D eigenvalue weighted by Gasteiger charge is 2.13. The van der Waals surface area contributed by atoms with E-state index in [2.05, 4.69) is 15.5 Å². The van der Waals surface area contributed by atoms with Crippen LogP contribution in [0.4, 0.5) is 4.39 Å². The van der Waals surface area contributed by atoms with Gasteiger partial charge in [-0.1, -0.05) is 12.1 Å². The number of hydrogen-bond donors (Lipinski definition) is 2. The van der Waals surface area contributed by atoms with Crippen LogP contribution >= 0.6 is 0 Å². The summed E-state index contributed by atoms with van der Waals surface area (Å²) in [5, 5.41) is 20.8. The lowest BCUT2D eigenvalue weighted by Gasteiger charge is -2.17. The van der Waals surface area contributed by atoms with Gasteiger partial charge in [-0.15, -0.1) is 10.2 Å². The van der Waals surface area contributed by atoms with Gasteiger partial charge in [0, 0.05) is 13.6 Å². The van der Waals surface area contributed by atoms with Gasteiger partial charge in [-0.3, -0.25) is 0 Å². The average molecular weight is 294 g/mol. The van der Waals surface area contributed by atoms with Crippen molar-refractivity contribution in [3.05, 3.63) is 42.2 Å². The van der Waals surface area contributed by atoms with Crippen LogP contribution in [0.5, 0.6) is 5.75 Å². The molecule has 0 amide bonds. The van der Waals surface area contributed by atoms with Crippen molar-refractivity contribution >= 4 is 0 Å². The fourth-order valence-electron chi connectivity index (χ4n) is 1.89. The van der Waals surface area contributed by atoms with E-state index in [0.29, 0.717) is 6.54 Å². The summed E-state index contributed by atoms with van der Waals surface area (Å²) in [6.45, 7) is 2.25. The Hall–Kier alpha value is -1.99. The number of aliphatic hydroxyl groups is 1. The van der Waals surface area contributed by atoms with Crippen LogP contribution in [-0.4, -0.2) is 39.1 Å². The molecule has 2 atom stereocenters. The van der Waals surface area contributed by atoms with E-state index in [-0.39, 0.29) is 18.4 Å². The molecule has 1 aromatic heterocycles. The highest BCUT2D eigenvalue weighted by Crippen LogP contribution is 2.15. The van der Waals surface area contributed by atoms with Gasteiger partial charge in [-0.05, 0) is 19.1 Å². The summed E-state index contributed by atoms with van der Waals surface area (Å²) in [5.41, 5.74) is 0. The molecule has 0 radical (unpaired) electrons. The normalized spacial score (nSPS) is 13.9. The van der Waals surface area contributed by atoms with Gasteiger partial charge in [0.2, 0.25) is 0 Å². The number of hydrogen-bond acceptors (Lipinski definition) is 5. The SMILES string of the molecule is CC(NCC(O)COc1ccccc1F)c1nncn1C. The molecule has 114 valence electrons. The van der Waals surface area contributed by atoms with E-state index in [1.807, 2.05) is 14.0 Å². The topological polar surface area (TPSA) is 72.2 Å². The Morgan fingerprint density at radius 2 is 2.19 bits per heavy atom. The maximum absolute atomic E-state index is 13.3. The Kier molecular flexibility index (Phi) is 5.24. The van der Waals surface area contributed by atoms with E-state index in [0.717, 1.165) is 5.82 Å². The van der Waals surface area contributed by atoms with E-state index < -0.39 is 11.9 Å². The number of aliphatic hydroxyl groups excluding tert-OH is 1. The lowest BCUT2D eigenvalue weighted by Crippen LogP contribution is -2.33. The van der Waals surface area contributed by atoms with Crippen molar-refractivity contribution in [3.8, 4) is 5.75 Å². The van der Waals surface area contributed by atoms with Crippen LogP contribution in [0.25, 0.3) is 0 Å². The first-order chi connectivity index (χ1) is 10.1. The molecule has 21 heavy (non-hydrogen) atoms. The number of benzene rings is 1. The summed E-state index contributed by atoms with van der Waals surface area (Å²) in [6, 6.07) is 6.05. The Balaban J connectivity index is 1.76. The van der Waals surface area contributed by atoms with Gasteiger partial charge in [0.15, 0.2) is 11.6 Å². The molecular formula is C14H19FN4O2. The van der Waals surface area contributed by atoms with Crippen LogP contribution in [0.2, 0.25) is 0 Å². The van der Waals surface area contributed by atoms with Crippen LogP contribution in [0.15, 0.2) is 30.6 Å². The van der Waals surface area contributed by atoms with Crippen molar-refractivity contribution in [2.75, 3.05) is 13.2 Å². The van der Waals surface area contributed by atoms with Gasteiger partial charge < -0.3 is 19.7 Å². The molecule has 0 saturated heterocycles. The maximum Gasteiger partial charge on any atom is 0.165 e. The Bertz CT molecular complexity index is 576. The van der Waals surface area contributed by atoms with Crippen LogP contribution in [-0.2, 0) is 7.05 Å². The summed E-state index contributed by atoms with van der Waals surface area (Å²) < 4.78 is 20.4. The molecule has 0 saturated carbocycles. The number of ether oxygens (including phenoxy) is 1. The Labute approximate surface area is 122 Å². The molecule has 0 aliphatic rings. The van der Waals surface area contributed by atoms with Crippen molar-refractivity contribution in [1.82, 2.24) is 20.1 Å². The molecule has 0 aliphatic carbocycles. The number of nitrogens with zero attached hydrogens (tertiary/aromatic N) is 3. The van der Waals surface area contributed by atoms with Gasteiger partial charge in [0.1, 0.15) is 24.9 Å². The molecule has 0 aliphatic heterocycles. The fourth-order valence-corrected chi connectivity index (χ4v) is 1.89. The van der Waals surface area contributed by atoms with Gasteiger partial charge in [-0.2, -0.15) is 0 Å². The highest BCUT2D eigenvalue weighted by atomic mass is 19.1. The predicted octanol–water partition coefficient (Wildman–Crippen LogP) is 1.04. The molecule has 2 unspecified atom stereocenters. The van der Waals surface area contributed by atoms with Crippen molar-refractivity contribution in [3.63, 3.8) is 0 Å². The van der Waals surface area contributed by atoms with Gasteiger partial charge in [0.05, 0.1) is 6.04 Å². The van der Waals surface area contributed by atoms with E-state index in [9.17, 15) is 9.50 Å². The Morgan fingerprint density at radius 1 is 1.43 bits per heavy atom. The quantitative estimate of drug-likeness (QED) is 0.798. The predicted molar refractivity (Wildman–Crippen MR) is 75.3 cm³/mol. The largest absolute Gasteiger partial charge is 0.488 e. The van der Waals surface area contributed by atoms with E-state index in [4.69, 9.17) is 4.74 Å². The summed E-state index contributed by atoms with van der Waals surface area (Å²) in [6.07, 6.45) is 0.867. The third kappa shape index (κ3) is 4.24. The first kappa shape index (κ1) is 15.4. The van der Waals surface area contributed by atoms with Crippen LogP contribution in [0, 0.1) is 5.82 Å². The summed E-state index contributed by atoms with van der Waals surface area (Å²) in [5.74, 6) is 0.472. The van der Waals surface area contributed by atoms with Gasteiger partial charge >= 0.3 is 0 Å². The van der Waals surface area contributed by atoms with Gasteiger partial charge in [-0.25, -0.2) is 4.39 Å². The third-order valence-electron chi connectivity index (χ3n) is 3.06. The van der Waals surface area contributed by atoms with Crippen molar-refractivity contribution in [1.29, 1.82) is 0 Å². The molecule has 1 aromatic carbocycles. The molecular weight excluding hydrogens is 275 g/mol. The zero-order valence-electron chi connectivity index (χ0n) is 12.0. The Morgan fingerprint density at radius 3 is 2.86 bits per heavy atom. The lowest BCUT2D eigenvalue weighted by atomic mass is 10.3. The number of aromatic nitrogens is 3. The second-order valence-corrected chi connectivity index (χ2v) is 4.83. The van der Waals surface area contributed by atoms with E-state index in [1.54, 1.807) is 23.0 Å². The second kappa shape index (κ2) is 7.14. The smallest absolute Gasteiger partial charge is 0.165 e. The zero-order valence-corrected chi connectivity index (χ0v) is 12.0. The van der Waals surface area contributed by atoms with Crippen LogP contribution in [0.3, 0.4) is 0 Å². The molecule has 7 heteroatoms. The number of halogens is 1. The first-order valence-electron chi connectivity index (χ1n) is 6.70. The van der Waals surface area contributed by atoms with Crippen molar-refractivity contribution in [2.45, 2.75) is 19.1 Å². The molecule has 2 aromatic rings. The zero-order chi connectivity index (χ0) is 15.2. The standard InChI is InChI=1S/C14H19FN4O2/c1-10(14-18-17-9-19(14)2)16-7-11(20)8-21-13-6-4-3-5-12(13)15/h3-6,9-11,16,20H,7-8H2,1-2H3. The highest BCUT2D eigenvalue weighted by molar-refractivity contribution is 5.23. The second-order valence-electron chi connectivity index (χ2n) is 4.83. The van der Waals surface area contributed by atoms with Crippen LogP contribution < -0.4 is 10.1 Å². The third-order valence-corrected chi connectivity index (χ3v) is 3.06. The van der Waals surface area contributed by atoms with E-state index in [1.165, 1.54) is 12.1 Å². The number of rotatable bonds is 7. The van der Waals surface area contributed by atoms with Crippen LogP contribution in [0.1, 0.15) is 18.8 Å². The average Bonchev–Trinajstić information content (AvgIpc) is 2.90. The molecule has 0 bridgehead atoms. The molecule has 2 rings (SSSR count). The minimum atomic E-state index is -0.750. The lowest BCUT2D eigenvalue weighted by molar-refractivity contribution is 0.101. The summed E-state index contributed by atoms with van der Waals surface area (Å²) in [4.78, 5) is 0. The first-order valence-corrected chi connectivity index (χ1v) is 6.70. The molecule has 2 N–H and O–H groups in total. The minimum Gasteiger partial charge on any atom is -0.488 e.